The molecule has 0 atom stereocenters. The number of hydrogen-bond acceptors (Lipinski definition) is 4. The number of benzene rings is 1. The first-order chi connectivity index (χ1) is 11.4. The average molecular weight is 345 g/mol. The van der Waals surface area contributed by atoms with Gasteiger partial charge in [0.05, 0.1) is 11.2 Å². The van der Waals surface area contributed by atoms with Crippen LogP contribution >= 0.6 is 11.3 Å². The fraction of sp³-hybridized carbons (Fsp3) is 0.389. The van der Waals surface area contributed by atoms with Crippen molar-refractivity contribution >= 4 is 34.5 Å². The van der Waals surface area contributed by atoms with E-state index in [0.29, 0.717) is 25.2 Å². The Kier molecular flexibility index (Phi) is 6.49. The van der Waals surface area contributed by atoms with Crippen molar-refractivity contribution in [2.75, 3.05) is 10.6 Å². The molecule has 0 radical (unpaired) electrons. The molecule has 0 saturated heterocycles. The van der Waals surface area contributed by atoms with Crippen molar-refractivity contribution in [1.82, 2.24) is 4.98 Å². The highest BCUT2D eigenvalue weighted by Gasteiger charge is 2.08. The second kappa shape index (κ2) is 8.59. The minimum Gasteiger partial charge on any atom is -0.326 e. The summed E-state index contributed by atoms with van der Waals surface area (Å²) >= 11 is 1.58. The second-order valence-corrected chi connectivity index (χ2v) is 7.07. The number of nitrogens with zero attached hydrogens (tertiary/aromatic N) is 1. The Morgan fingerprint density at radius 1 is 1.08 bits per heavy atom. The van der Waals surface area contributed by atoms with Gasteiger partial charge in [0, 0.05) is 29.1 Å². The van der Waals surface area contributed by atoms with Gasteiger partial charge in [-0.25, -0.2) is 4.98 Å². The van der Waals surface area contributed by atoms with Crippen LogP contribution in [0.25, 0.3) is 0 Å². The Morgan fingerprint density at radius 3 is 2.17 bits per heavy atom. The molecule has 5 nitrogen and oxygen atoms in total. The molecule has 24 heavy (non-hydrogen) atoms. The lowest BCUT2D eigenvalue weighted by Crippen LogP contribution is -2.14. The summed E-state index contributed by atoms with van der Waals surface area (Å²) < 4.78 is 0. The monoisotopic (exact) mass is 345 g/mol. The maximum atomic E-state index is 12.0. The molecular formula is C18H23N3O2S. The topological polar surface area (TPSA) is 71.1 Å². The van der Waals surface area contributed by atoms with Gasteiger partial charge in [-0.1, -0.05) is 13.8 Å². The van der Waals surface area contributed by atoms with Crippen molar-refractivity contribution in [3.8, 4) is 0 Å². The summed E-state index contributed by atoms with van der Waals surface area (Å²) in [5.74, 6) is 0.298. The minimum absolute atomic E-state index is 0.00159. The number of thiazole rings is 1. The molecule has 2 N–H and O–H groups in total. The summed E-state index contributed by atoms with van der Waals surface area (Å²) in [6, 6.07) is 7.17. The Morgan fingerprint density at radius 2 is 1.67 bits per heavy atom. The molecular weight excluding hydrogens is 322 g/mol. The van der Waals surface area contributed by atoms with Gasteiger partial charge in [-0.05, 0) is 43.5 Å². The zero-order chi connectivity index (χ0) is 17.5. The van der Waals surface area contributed by atoms with Crippen molar-refractivity contribution in [3.63, 3.8) is 0 Å². The van der Waals surface area contributed by atoms with Crippen LogP contribution in [-0.4, -0.2) is 16.8 Å². The lowest BCUT2D eigenvalue weighted by Gasteiger charge is -2.09. The van der Waals surface area contributed by atoms with Gasteiger partial charge in [-0.15, -0.1) is 11.3 Å². The van der Waals surface area contributed by atoms with Gasteiger partial charge in [0.2, 0.25) is 11.8 Å². The molecule has 0 unspecified atom stereocenters. The van der Waals surface area contributed by atoms with Gasteiger partial charge in [0.15, 0.2) is 0 Å². The molecule has 0 aliphatic rings. The third kappa shape index (κ3) is 5.77. The molecule has 2 amide bonds. The van der Waals surface area contributed by atoms with Crippen molar-refractivity contribution in [1.29, 1.82) is 0 Å². The van der Waals surface area contributed by atoms with E-state index in [1.165, 1.54) is 0 Å². The lowest BCUT2D eigenvalue weighted by atomic mass is 10.1. The quantitative estimate of drug-likeness (QED) is 0.796. The molecule has 0 bridgehead atoms. The van der Waals surface area contributed by atoms with Gasteiger partial charge in [-0.2, -0.15) is 0 Å². The lowest BCUT2D eigenvalue weighted by molar-refractivity contribution is -0.117. The number of aryl methyl sites for hydroxylation is 2. The van der Waals surface area contributed by atoms with Gasteiger partial charge >= 0.3 is 0 Å². The summed E-state index contributed by atoms with van der Waals surface area (Å²) in [4.78, 5) is 29.1. The average Bonchev–Trinajstić information content (AvgIpc) is 2.91. The molecule has 1 aromatic carbocycles. The largest absolute Gasteiger partial charge is 0.326 e. The van der Waals surface area contributed by atoms with E-state index in [1.54, 1.807) is 41.1 Å². The first-order valence-electron chi connectivity index (χ1n) is 8.02. The molecule has 2 aromatic rings. The third-order valence-corrected chi connectivity index (χ3v) is 4.46. The standard InChI is InChI=1S/C18H23N3O2S/c1-12(2)10-18(23)21-15-6-4-14(5-7-15)20-17(22)9-8-16-13(3)19-11-24-16/h4-7,11-12H,8-10H2,1-3H3,(H,20,22)(H,21,23). The van der Waals surface area contributed by atoms with E-state index in [0.717, 1.165) is 21.9 Å². The summed E-state index contributed by atoms with van der Waals surface area (Å²) in [5, 5.41) is 5.72. The van der Waals surface area contributed by atoms with Crippen molar-refractivity contribution < 1.29 is 9.59 Å². The highest BCUT2D eigenvalue weighted by molar-refractivity contribution is 7.09. The van der Waals surface area contributed by atoms with E-state index < -0.39 is 0 Å². The number of rotatable bonds is 7. The second-order valence-electron chi connectivity index (χ2n) is 6.13. The third-order valence-electron chi connectivity index (χ3n) is 3.47. The SMILES string of the molecule is Cc1ncsc1CCC(=O)Nc1ccc(NC(=O)CC(C)C)cc1. The minimum atomic E-state index is -0.0283. The number of hydrogen-bond donors (Lipinski definition) is 2. The fourth-order valence-corrected chi connectivity index (χ4v) is 3.02. The molecule has 0 aliphatic carbocycles. The Bertz CT molecular complexity index is 693. The summed E-state index contributed by atoms with van der Waals surface area (Å²) in [5.41, 5.74) is 4.26. The number of aromatic nitrogens is 1. The van der Waals surface area contributed by atoms with Crippen LogP contribution in [-0.2, 0) is 16.0 Å². The molecule has 1 aromatic heterocycles. The number of carbonyl (C=O) groups excluding carboxylic acids is 2. The van der Waals surface area contributed by atoms with E-state index in [1.807, 2.05) is 20.8 Å². The highest BCUT2D eigenvalue weighted by atomic mass is 32.1. The van der Waals surface area contributed by atoms with E-state index in [2.05, 4.69) is 15.6 Å². The van der Waals surface area contributed by atoms with Crippen molar-refractivity contribution in [2.24, 2.45) is 5.92 Å². The molecule has 0 saturated carbocycles. The summed E-state index contributed by atoms with van der Waals surface area (Å²) in [6.45, 7) is 5.97. The zero-order valence-corrected chi connectivity index (χ0v) is 15.1. The molecule has 0 fully saturated rings. The van der Waals surface area contributed by atoms with Crippen molar-refractivity contribution in [3.05, 3.63) is 40.3 Å². The van der Waals surface area contributed by atoms with Gasteiger partial charge in [0.1, 0.15) is 0 Å². The molecule has 0 spiro atoms. The van der Waals surface area contributed by atoms with Crippen LogP contribution < -0.4 is 10.6 Å². The maximum absolute atomic E-state index is 12.0. The Hall–Kier alpha value is -2.21. The van der Waals surface area contributed by atoms with E-state index in [-0.39, 0.29) is 11.8 Å². The smallest absolute Gasteiger partial charge is 0.224 e. The number of carbonyl (C=O) groups is 2. The van der Waals surface area contributed by atoms with Crippen LogP contribution in [0.2, 0.25) is 0 Å². The number of amides is 2. The van der Waals surface area contributed by atoms with Gasteiger partial charge in [0.25, 0.3) is 0 Å². The molecule has 6 heteroatoms. The van der Waals surface area contributed by atoms with Gasteiger partial charge in [-0.3, -0.25) is 9.59 Å². The van der Waals surface area contributed by atoms with E-state index in [9.17, 15) is 9.59 Å². The highest BCUT2D eigenvalue weighted by Crippen LogP contribution is 2.17. The maximum Gasteiger partial charge on any atom is 0.224 e. The fourth-order valence-electron chi connectivity index (χ4n) is 2.24. The summed E-state index contributed by atoms with van der Waals surface area (Å²) in [7, 11) is 0. The zero-order valence-electron chi connectivity index (χ0n) is 14.3. The number of nitrogens with one attached hydrogen (secondary N) is 2. The number of anilines is 2. The van der Waals surface area contributed by atoms with Crippen LogP contribution in [0.1, 0.15) is 37.3 Å². The predicted molar refractivity (Wildman–Crippen MR) is 98.3 cm³/mol. The van der Waals surface area contributed by atoms with Crippen LogP contribution in [0.15, 0.2) is 29.8 Å². The summed E-state index contributed by atoms with van der Waals surface area (Å²) in [6.07, 6.45) is 1.62. The Labute approximate surface area is 146 Å². The predicted octanol–water partition coefficient (Wildman–Crippen LogP) is 4.01. The normalized spacial score (nSPS) is 10.7. The molecule has 1 heterocycles. The Balaban J connectivity index is 1.81. The first kappa shape index (κ1) is 18.1. The molecule has 2 rings (SSSR count). The van der Waals surface area contributed by atoms with E-state index >= 15 is 0 Å². The van der Waals surface area contributed by atoms with Crippen LogP contribution in [0.5, 0.6) is 0 Å². The van der Waals surface area contributed by atoms with E-state index in [4.69, 9.17) is 0 Å². The van der Waals surface area contributed by atoms with Crippen LogP contribution in [0.3, 0.4) is 0 Å². The van der Waals surface area contributed by atoms with Crippen molar-refractivity contribution in [2.45, 2.75) is 40.0 Å². The van der Waals surface area contributed by atoms with Crippen LogP contribution in [0.4, 0.5) is 11.4 Å². The van der Waals surface area contributed by atoms with Crippen LogP contribution in [0, 0.1) is 12.8 Å². The molecule has 0 aliphatic heterocycles. The first-order valence-corrected chi connectivity index (χ1v) is 8.90. The van der Waals surface area contributed by atoms with Gasteiger partial charge < -0.3 is 10.6 Å². The molecule has 128 valence electrons.